The Hall–Kier alpha value is -0.620. The van der Waals surface area contributed by atoms with Crippen molar-refractivity contribution in [3.8, 4) is 0 Å². The molecule has 0 amide bonds. The Bertz CT molecular complexity index is 520. The SMILES string of the molecule is CC1SC=C(C(=N)SC(=NC2CCCCC2)NC2CCCCC2)N1C. The molecule has 2 fully saturated rings. The van der Waals surface area contributed by atoms with Gasteiger partial charge in [-0.25, -0.2) is 0 Å². The first-order valence-electron chi connectivity index (χ1n) is 9.83. The van der Waals surface area contributed by atoms with Gasteiger partial charge in [0.2, 0.25) is 0 Å². The maximum absolute atomic E-state index is 8.59. The number of rotatable bonds is 3. The molecule has 0 saturated heterocycles. The first-order chi connectivity index (χ1) is 12.1. The van der Waals surface area contributed by atoms with Crippen LogP contribution in [0, 0.1) is 5.41 Å². The highest BCUT2D eigenvalue weighted by Gasteiger charge is 2.25. The van der Waals surface area contributed by atoms with Crippen LogP contribution in [0.1, 0.15) is 71.1 Å². The van der Waals surface area contributed by atoms with E-state index in [1.165, 1.54) is 76.0 Å². The van der Waals surface area contributed by atoms with E-state index in [1.807, 2.05) is 0 Å². The molecule has 2 saturated carbocycles. The largest absolute Gasteiger partial charge is 0.362 e. The number of thioether (sulfide) groups is 2. The van der Waals surface area contributed by atoms with Crippen molar-refractivity contribution in [2.75, 3.05) is 7.05 Å². The van der Waals surface area contributed by atoms with Crippen molar-refractivity contribution in [1.82, 2.24) is 10.2 Å². The van der Waals surface area contributed by atoms with Crippen LogP contribution in [0.3, 0.4) is 0 Å². The van der Waals surface area contributed by atoms with Gasteiger partial charge in [-0.15, -0.1) is 11.8 Å². The molecule has 6 heteroatoms. The van der Waals surface area contributed by atoms with Crippen LogP contribution in [0.4, 0.5) is 0 Å². The van der Waals surface area contributed by atoms with Gasteiger partial charge < -0.3 is 10.2 Å². The number of hydrogen-bond donors (Lipinski definition) is 2. The monoisotopic (exact) mass is 380 g/mol. The molecule has 1 atom stereocenters. The van der Waals surface area contributed by atoms with Crippen LogP contribution in [-0.2, 0) is 0 Å². The standard InChI is InChI=1S/C19H32N4S2/c1-14-23(2)17(13-24-14)18(20)25-19(21-15-9-5-3-6-10-15)22-16-11-7-4-8-12-16/h13-16,20H,3-12H2,1-2H3,(H,21,22). The fourth-order valence-corrected chi connectivity index (χ4v) is 5.70. The Balaban J connectivity index is 1.66. The predicted molar refractivity (Wildman–Crippen MR) is 113 cm³/mol. The highest BCUT2D eigenvalue weighted by Crippen LogP contribution is 2.32. The van der Waals surface area contributed by atoms with Crippen LogP contribution in [0.5, 0.6) is 0 Å². The molecule has 3 rings (SSSR count). The van der Waals surface area contributed by atoms with Crippen molar-refractivity contribution < 1.29 is 0 Å². The molecule has 0 aromatic heterocycles. The Labute approximate surface area is 161 Å². The number of hydrogen-bond acceptors (Lipinski definition) is 5. The van der Waals surface area contributed by atoms with Gasteiger partial charge >= 0.3 is 0 Å². The molecule has 25 heavy (non-hydrogen) atoms. The van der Waals surface area contributed by atoms with Gasteiger partial charge in [0.25, 0.3) is 0 Å². The molecular formula is C19H32N4S2. The molecule has 0 bridgehead atoms. The summed E-state index contributed by atoms with van der Waals surface area (Å²) in [5.41, 5.74) is 1.03. The van der Waals surface area contributed by atoms with E-state index in [1.54, 1.807) is 11.8 Å². The highest BCUT2D eigenvalue weighted by molar-refractivity contribution is 8.26. The summed E-state index contributed by atoms with van der Waals surface area (Å²) in [5, 5.41) is 16.4. The molecule has 2 aliphatic carbocycles. The van der Waals surface area contributed by atoms with E-state index in [9.17, 15) is 0 Å². The Morgan fingerprint density at radius 2 is 1.80 bits per heavy atom. The maximum Gasteiger partial charge on any atom is 0.163 e. The molecule has 0 aromatic rings. The third-order valence-electron chi connectivity index (χ3n) is 5.54. The summed E-state index contributed by atoms with van der Waals surface area (Å²) in [5.74, 6) is 0. The Morgan fingerprint density at radius 1 is 1.16 bits per heavy atom. The second kappa shape index (κ2) is 9.36. The minimum Gasteiger partial charge on any atom is -0.362 e. The smallest absolute Gasteiger partial charge is 0.163 e. The molecule has 1 heterocycles. The van der Waals surface area contributed by atoms with Gasteiger partial charge in [-0.2, -0.15) is 0 Å². The van der Waals surface area contributed by atoms with Crippen molar-refractivity contribution in [3.63, 3.8) is 0 Å². The summed E-state index contributed by atoms with van der Waals surface area (Å²) < 4.78 is 0. The van der Waals surface area contributed by atoms with Crippen LogP contribution in [0.15, 0.2) is 16.1 Å². The van der Waals surface area contributed by atoms with Crippen molar-refractivity contribution >= 4 is 33.7 Å². The van der Waals surface area contributed by atoms with Crippen LogP contribution in [0.25, 0.3) is 0 Å². The molecule has 0 radical (unpaired) electrons. The van der Waals surface area contributed by atoms with E-state index < -0.39 is 0 Å². The van der Waals surface area contributed by atoms with Gasteiger partial charge in [0.05, 0.1) is 17.1 Å². The summed E-state index contributed by atoms with van der Waals surface area (Å²) in [6.07, 6.45) is 12.9. The van der Waals surface area contributed by atoms with Gasteiger partial charge in [-0.3, -0.25) is 10.4 Å². The summed E-state index contributed by atoms with van der Waals surface area (Å²) in [7, 11) is 2.08. The minimum atomic E-state index is 0.418. The third-order valence-corrected chi connectivity index (χ3v) is 7.44. The summed E-state index contributed by atoms with van der Waals surface area (Å²) in [6.45, 7) is 2.18. The summed E-state index contributed by atoms with van der Waals surface area (Å²) in [4.78, 5) is 7.25. The Kier molecular flexibility index (Phi) is 7.17. The molecule has 1 aliphatic heterocycles. The molecule has 0 spiro atoms. The minimum absolute atomic E-state index is 0.418. The van der Waals surface area contributed by atoms with Crippen LogP contribution >= 0.6 is 23.5 Å². The molecular weight excluding hydrogens is 348 g/mol. The van der Waals surface area contributed by atoms with Crippen molar-refractivity contribution in [2.45, 2.75) is 88.6 Å². The fraction of sp³-hybridized carbons (Fsp3) is 0.789. The van der Waals surface area contributed by atoms with Gasteiger partial charge in [0, 0.05) is 13.1 Å². The lowest BCUT2D eigenvalue weighted by molar-refractivity contribution is 0.411. The van der Waals surface area contributed by atoms with Gasteiger partial charge in [0.15, 0.2) is 5.17 Å². The molecule has 2 N–H and O–H groups in total. The Morgan fingerprint density at radius 3 is 2.40 bits per heavy atom. The topological polar surface area (TPSA) is 51.5 Å². The van der Waals surface area contributed by atoms with Gasteiger partial charge in [-0.1, -0.05) is 38.5 Å². The lowest BCUT2D eigenvalue weighted by atomic mass is 9.95. The zero-order chi connectivity index (χ0) is 17.6. The van der Waals surface area contributed by atoms with Crippen LogP contribution in [0.2, 0.25) is 0 Å². The van der Waals surface area contributed by atoms with Gasteiger partial charge in [0.1, 0.15) is 5.04 Å². The first-order valence-corrected chi connectivity index (χ1v) is 11.6. The predicted octanol–water partition coefficient (Wildman–Crippen LogP) is 5.17. The molecule has 140 valence electrons. The van der Waals surface area contributed by atoms with Crippen LogP contribution < -0.4 is 5.32 Å². The van der Waals surface area contributed by atoms with E-state index >= 15 is 0 Å². The maximum atomic E-state index is 8.59. The molecule has 3 aliphatic rings. The van der Waals surface area contributed by atoms with E-state index in [2.05, 4.69) is 29.6 Å². The second-order valence-corrected chi connectivity index (χ2v) is 9.68. The number of nitrogens with one attached hydrogen (secondary N) is 2. The van der Waals surface area contributed by atoms with Gasteiger partial charge in [-0.05, 0) is 49.8 Å². The van der Waals surface area contributed by atoms with E-state index in [-0.39, 0.29) is 0 Å². The van der Waals surface area contributed by atoms with Crippen molar-refractivity contribution in [1.29, 1.82) is 5.41 Å². The first kappa shape index (κ1) is 19.2. The molecule has 1 unspecified atom stereocenters. The second-order valence-electron chi connectivity index (χ2n) is 7.49. The van der Waals surface area contributed by atoms with Crippen molar-refractivity contribution in [3.05, 3.63) is 11.1 Å². The van der Waals surface area contributed by atoms with E-state index in [0.717, 1.165) is 10.9 Å². The average Bonchev–Trinajstić information content (AvgIpc) is 2.96. The number of amidine groups is 1. The van der Waals surface area contributed by atoms with Crippen molar-refractivity contribution in [2.24, 2.45) is 4.99 Å². The zero-order valence-electron chi connectivity index (χ0n) is 15.6. The van der Waals surface area contributed by atoms with E-state index in [0.29, 0.717) is 22.5 Å². The quantitative estimate of drug-likeness (QED) is 0.523. The zero-order valence-corrected chi connectivity index (χ0v) is 17.2. The molecule has 4 nitrogen and oxygen atoms in total. The lowest BCUT2D eigenvalue weighted by Gasteiger charge is -2.27. The van der Waals surface area contributed by atoms with Crippen LogP contribution in [-0.4, -0.2) is 39.6 Å². The lowest BCUT2D eigenvalue weighted by Crippen LogP contribution is -2.36. The highest BCUT2D eigenvalue weighted by atomic mass is 32.2. The third kappa shape index (κ3) is 5.43. The summed E-state index contributed by atoms with van der Waals surface area (Å²) >= 11 is 3.32. The normalized spacial score (nSPS) is 26.6. The average molecular weight is 381 g/mol. The fourth-order valence-electron chi connectivity index (χ4n) is 3.79. The van der Waals surface area contributed by atoms with E-state index in [4.69, 9.17) is 10.4 Å². The number of aliphatic imine (C=N–C) groups is 1. The summed E-state index contributed by atoms with van der Waals surface area (Å²) in [6, 6.07) is 0.990. The molecule has 0 aromatic carbocycles. The number of nitrogens with zero attached hydrogens (tertiary/aromatic N) is 2.